The summed E-state index contributed by atoms with van der Waals surface area (Å²) in [6.45, 7) is 9.39. The average molecular weight is 572 g/mol. The number of aldehydes is 1. The molecule has 2 N–H and O–H groups in total. The molecular weight excluding hydrogens is 534 g/mol. The quantitative estimate of drug-likeness (QED) is 0.167. The fourth-order valence-electron chi connectivity index (χ4n) is 3.45. The van der Waals surface area contributed by atoms with Gasteiger partial charge < -0.3 is 24.4 Å². The molecule has 3 aromatic carbocycles. The Labute approximate surface area is 241 Å². The number of ether oxygens (including phenoxy) is 2. The number of amides is 1. The number of anilines is 3. The zero-order chi connectivity index (χ0) is 28.5. The van der Waals surface area contributed by atoms with Crippen LogP contribution in [0.2, 0.25) is 5.02 Å². The van der Waals surface area contributed by atoms with Crippen LogP contribution in [0.15, 0.2) is 66.7 Å². The normalized spacial score (nSPS) is 12.3. The van der Waals surface area contributed by atoms with Crippen molar-refractivity contribution < 1.29 is 19.1 Å². The first-order valence-corrected chi connectivity index (χ1v) is 14.2. The van der Waals surface area contributed by atoms with Gasteiger partial charge in [-0.1, -0.05) is 48.9 Å². The molecule has 0 bridgehead atoms. The van der Waals surface area contributed by atoms with Gasteiger partial charge in [0, 0.05) is 42.8 Å². The molecule has 0 aliphatic carbocycles. The first kappa shape index (κ1) is 32.2. The summed E-state index contributed by atoms with van der Waals surface area (Å²) in [6, 6.07) is 20.3. The van der Waals surface area contributed by atoms with Crippen LogP contribution in [0.25, 0.3) is 0 Å². The number of rotatable bonds is 8. The van der Waals surface area contributed by atoms with Crippen molar-refractivity contribution in [2.24, 2.45) is 0 Å². The number of hydrogen-bond acceptors (Lipinski definition) is 7. The number of halogens is 1. The predicted octanol–water partition coefficient (Wildman–Crippen LogP) is 7.32. The number of carbonyl (C=O) groups excluding carboxylic acids is 2. The predicted molar refractivity (Wildman–Crippen MR) is 165 cm³/mol. The molecule has 1 heterocycles. The molecule has 0 aromatic heterocycles. The summed E-state index contributed by atoms with van der Waals surface area (Å²) in [5.41, 5.74) is 4.88. The largest absolute Gasteiger partial charge is 0.387 e. The molecule has 1 aliphatic rings. The van der Waals surface area contributed by atoms with E-state index in [2.05, 4.69) is 21.9 Å². The van der Waals surface area contributed by atoms with E-state index in [0.717, 1.165) is 61.6 Å². The molecule has 0 saturated carbocycles. The van der Waals surface area contributed by atoms with E-state index in [4.69, 9.17) is 21.1 Å². The smallest absolute Gasteiger partial charge is 0.255 e. The Kier molecular flexibility index (Phi) is 15.1. The lowest BCUT2D eigenvalue weighted by Gasteiger charge is -2.27. The Hall–Kier alpha value is -3.04. The minimum absolute atomic E-state index is 0.136. The molecule has 1 fully saturated rings. The second kappa shape index (κ2) is 18.3. The van der Waals surface area contributed by atoms with Crippen LogP contribution < -0.4 is 14.9 Å². The molecule has 0 spiro atoms. The lowest BCUT2D eigenvalue weighted by Crippen LogP contribution is -2.26. The molecule has 9 heteroatoms. The standard InChI is InChI=1S/C18H20ClN3O2S.C7H6O.C5H12O/c1-12-9-14(22-7-8-24-11-25-22)4-5-15(12)18(23)21-13-3-6-16(19)17(10-13)20-2;8-6-7-4-2-1-3-5-7;1-3-5-6-4-2/h3-6,9-10,20H,7-8,11H2,1-2H3,(H,21,23);1-6H;3-5H2,1-2H3. The molecule has 4 rings (SSSR count). The van der Waals surface area contributed by atoms with Gasteiger partial charge in [0.1, 0.15) is 12.2 Å². The van der Waals surface area contributed by atoms with E-state index in [0.29, 0.717) is 22.2 Å². The molecule has 1 amide bonds. The van der Waals surface area contributed by atoms with Crippen molar-refractivity contribution in [1.82, 2.24) is 0 Å². The van der Waals surface area contributed by atoms with Crippen LogP contribution in [0.1, 0.15) is 46.5 Å². The summed E-state index contributed by atoms with van der Waals surface area (Å²) in [5, 5.41) is 6.54. The monoisotopic (exact) mass is 571 g/mol. The van der Waals surface area contributed by atoms with Crippen molar-refractivity contribution in [2.75, 3.05) is 54.3 Å². The summed E-state index contributed by atoms with van der Waals surface area (Å²) < 4.78 is 12.5. The summed E-state index contributed by atoms with van der Waals surface area (Å²) in [7, 11) is 1.79. The van der Waals surface area contributed by atoms with Gasteiger partial charge in [-0.25, -0.2) is 0 Å². The molecule has 7 nitrogen and oxygen atoms in total. The highest BCUT2D eigenvalue weighted by atomic mass is 35.5. The van der Waals surface area contributed by atoms with Crippen molar-refractivity contribution in [3.05, 3.63) is 88.4 Å². The van der Waals surface area contributed by atoms with E-state index in [1.807, 2.05) is 56.3 Å². The Bertz CT molecular complexity index is 1150. The van der Waals surface area contributed by atoms with Crippen molar-refractivity contribution in [2.45, 2.75) is 27.2 Å². The van der Waals surface area contributed by atoms with E-state index in [9.17, 15) is 9.59 Å². The SMILES string of the molecule is CCCOCC.CNc1cc(NC(=O)c2ccc(N3CCOCS3)cc2C)ccc1Cl.O=Cc1ccccc1. The molecule has 3 aromatic rings. The third-order valence-electron chi connectivity index (χ3n) is 5.45. The highest BCUT2D eigenvalue weighted by molar-refractivity contribution is 8.00. The Morgan fingerprint density at radius 1 is 1.13 bits per heavy atom. The summed E-state index contributed by atoms with van der Waals surface area (Å²) in [5.74, 6) is 0.522. The average Bonchev–Trinajstić information content (AvgIpc) is 2.98. The molecular formula is C30H38ClN3O4S. The van der Waals surface area contributed by atoms with E-state index < -0.39 is 0 Å². The molecule has 210 valence electrons. The Balaban J connectivity index is 0.000000312. The second-order valence-electron chi connectivity index (χ2n) is 8.38. The number of aryl methyl sites for hydroxylation is 1. The molecule has 39 heavy (non-hydrogen) atoms. The van der Waals surface area contributed by atoms with Crippen molar-refractivity contribution >= 4 is 52.8 Å². The highest BCUT2D eigenvalue weighted by Crippen LogP contribution is 2.28. The lowest BCUT2D eigenvalue weighted by atomic mass is 10.1. The van der Waals surface area contributed by atoms with E-state index in [1.54, 1.807) is 43.3 Å². The number of carbonyl (C=O) groups is 2. The third kappa shape index (κ3) is 11.3. The summed E-state index contributed by atoms with van der Waals surface area (Å²) in [4.78, 5) is 22.6. The molecule has 1 saturated heterocycles. The maximum absolute atomic E-state index is 12.6. The van der Waals surface area contributed by atoms with Gasteiger partial charge in [-0.2, -0.15) is 0 Å². The van der Waals surface area contributed by atoms with Crippen LogP contribution >= 0.6 is 23.5 Å². The van der Waals surface area contributed by atoms with Crippen molar-refractivity contribution in [3.63, 3.8) is 0 Å². The Morgan fingerprint density at radius 2 is 1.90 bits per heavy atom. The van der Waals surface area contributed by atoms with Gasteiger partial charge >= 0.3 is 0 Å². The summed E-state index contributed by atoms with van der Waals surface area (Å²) in [6.07, 6.45) is 1.97. The Morgan fingerprint density at radius 3 is 2.44 bits per heavy atom. The maximum atomic E-state index is 12.6. The van der Waals surface area contributed by atoms with Gasteiger partial charge in [-0.05, 0) is 74.2 Å². The van der Waals surface area contributed by atoms with Gasteiger partial charge in [0.05, 0.1) is 23.9 Å². The summed E-state index contributed by atoms with van der Waals surface area (Å²) >= 11 is 7.71. The molecule has 0 atom stereocenters. The highest BCUT2D eigenvalue weighted by Gasteiger charge is 2.15. The van der Waals surface area contributed by atoms with Crippen molar-refractivity contribution in [3.8, 4) is 0 Å². The minimum atomic E-state index is -0.136. The molecule has 0 unspecified atom stereocenters. The van der Waals surface area contributed by atoms with Crippen molar-refractivity contribution in [1.29, 1.82) is 0 Å². The van der Waals surface area contributed by atoms with Gasteiger partial charge in [0.15, 0.2) is 0 Å². The second-order valence-corrected chi connectivity index (χ2v) is 9.72. The zero-order valence-corrected chi connectivity index (χ0v) is 24.6. The van der Waals surface area contributed by atoms with Gasteiger partial charge in [0.2, 0.25) is 0 Å². The minimum Gasteiger partial charge on any atom is -0.387 e. The number of nitrogens with one attached hydrogen (secondary N) is 2. The topological polar surface area (TPSA) is 79.9 Å². The number of hydrogen-bond donors (Lipinski definition) is 2. The van der Waals surface area contributed by atoms with Gasteiger partial charge in [-0.3, -0.25) is 9.59 Å². The van der Waals surface area contributed by atoms with Crippen LogP contribution in [0.4, 0.5) is 17.1 Å². The van der Waals surface area contributed by atoms with E-state index in [1.165, 1.54) is 0 Å². The maximum Gasteiger partial charge on any atom is 0.255 e. The zero-order valence-electron chi connectivity index (χ0n) is 23.0. The first-order chi connectivity index (χ1) is 18.9. The van der Waals surface area contributed by atoms with Crippen LogP contribution in [0, 0.1) is 6.92 Å². The van der Waals surface area contributed by atoms with Crippen LogP contribution in [-0.2, 0) is 9.47 Å². The van der Waals surface area contributed by atoms with Crippen LogP contribution in [0.3, 0.4) is 0 Å². The fraction of sp³-hybridized carbons (Fsp3) is 0.333. The third-order valence-corrected chi connectivity index (χ3v) is 6.76. The first-order valence-electron chi connectivity index (χ1n) is 12.9. The van der Waals surface area contributed by atoms with Gasteiger partial charge in [-0.15, -0.1) is 0 Å². The fourth-order valence-corrected chi connectivity index (χ4v) is 4.44. The van der Waals surface area contributed by atoms with Crippen LogP contribution in [0.5, 0.6) is 0 Å². The van der Waals surface area contributed by atoms with Gasteiger partial charge in [0.25, 0.3) is 5.91 Å². The number of benzene rings is 3. The van der Waals surface area contributed by atoms with Crippen LogP contribution in [-0.4, -0.2) is 51.5 Å². The van der Waals surface area contributed by atoms with E-state index >= 15 is 0 Å². The lowest BCUT2D eigenvalue weighted by molar-refractivity contribution is 0.102. The molecule has 1 aliphatic heterocycles. The number of nitrogens with zero attached hydrogens (tertiary/aromatic N) is 1. The molecule has 0 radical (unpaired) electrons. The van der Waals surface area contributed by atoms with E-state index in [-0.39, 0.29) is 5.91 Å².